The lowest BCUT2D eigenvalue weighted by Gasteiger charge is -2.35. The molecule has 3 heterocycles. The van der Waals surface area contributed by atoms with Crippen molar-refractivity contribution in [3.8, 4) is 0 Å². The number of amides is 3. The smallest absolute Gasteiger partial charge is 0.410 e. The molecule has 1 unspecified atom stereocenters. The second-order valence-corrected chi connectivity index (χ2v) is 7.85. The largest absolute Gasteiger partial charge is 0.447 e. The zero-order valence-electron chi connectivity index (χ0n) is 13.7. The number of piperazine rings is 1. The first-order valence-electron chi connectivity index (χ1n) is 7.75. The fourth-order valence-corrected chi connectivity index (χ4v) is 3.63. The highest BCUT2D eigenvalue weighted by molar-refractivity contribution is 7.09. The van der Waals surface area contributed by atoms with Crippen molar-refractivity contribution < 1.29 is 14.3 Å². The zero-order valence-corrected chi connectivity index (χ0v) is 14.5. The topological polar surface area (TPSA) is 74.8 Å². The maximum Gasteiger partial charge on any atom is 0.410 e. The zero-order chi connectivity index (χ0) is 16.6. The molecule has 0 aliphatic carbocycles. The molecule has 1 N–H and O–H groups in total. The van der Waals surface area contributed by atoms with Crippen LogP contribution in [-0.4, -0.2) is 59.2 Å². The number of urea groups is 1. The Labute approximate surface area is 139 Å². The number of cyclic esters (lactones) is 1. The normalized spacial score (nSPS) is 21.2. The van der Waals surface area contributed by atoms with Crippen molar-refractivity contribution in [1.82, 2.24) is 20.1 Å². The van der Waals surface area contributed by atoms with Crippen molar-refractivity contribution in [2.45, 2.75) is 38.8 Å². The Kier molecular flexibility index (Phi) is 4.18. The van der Waals surface area contributed by atoms with E-state index in [0.717, 1.165) is 10.7 Å². The number of carbonyl (C=O) groups excluding carboxylic acids is 2. The predicted octanol–water partition coefficient (Wildman–Crippen LogP) is 1.79. The molecule has 0 bridgehead atoms. The molecule has 2 saturated heterocycles. The Hall–Kier alpha value is -1.83. The van der Waals surface area contributed by atoms with Crippen molar-refractivity contribution in [3.05, 3.63) is 16.1 Å². The molecule has 3 rings (SSSR count). The summed E-state index contributed by atoms with van der Waals surface area (Å²) in [5.74, 6) is 0. The third-order valence-corrected chi connectivity index (χ3v) is 4.96. The van der Waals surface area contributed by atoms with E-state index in [2.05, 4.69) is 31.1 Å². The molecule has 1 aromatic rings. The molecule has 0 spiro atoms. The lowest BCUT2D eigenvalue weighted by atomic mass is 9.93. The quantitative estimate of drug-likeness (QED) is 0.892. The van der Waals surface area contributed by atoms with Gasteiger partial charge in [0.1, 0.15) is 11.6 Å². The minimum absolute atomic E-state index is 0.0180. The van der Waals surface area contributed by atoms with Crippen LogP contribution in [0.1, 0.15) is 31.5 Å². The molecule has 7 nitrogen and oxygen atoms in total. The summed E-state index contributed by atoms with van der Waals surface area (Å²) in [6.07, 6.45) is -0.271. The minimum atomic E-state index is -0.271. The highest BCUT2D eigenvalue weighted by atomic mass is 32.1. The molecule has 2 fully saturated rings. The molecular weight excluding hydrogens is 316 g/mol. The molecule has 1 aromatic heterocycles. The van der Waals surface area contributed by atoms with E-state index in [-0.39, 0.29) is 23.6 Å². The molecule has 0 saturated carbocycles. The molecule has 2 aliphatic heterocycles. The van der Waals surface area contributed by atoms with Gasteiger partial charge in [0.25, 0.3) is 0 Å². The lowest BCUT2D eigenvalue weighted by Crippen LogP contribution is -2.55. The van der Waals surface area contributed by atoms with Crippen LogP contribution in [-0.2, 0) is 16.7 Å². The number of ether oxygens (including phenoxy) is 1. The number of carbonyl (C=O) groups is 2. The molecule has 23 heavy (non-hydrogen) atoms. The van der Waals surface area contributed by atoms with Gasteiger partial charge in [0.05, 0.1) is 18.3 Å². The van der Waals surface area contributed by atoms with Crippen LogP contribution in [0, 0.1) is 0 Å². The van der Waals surface area contributed by atoms with E-state index in [1.807, 2.05) is 5.38 Å². The van der Waals surface area contributed by atoms with Crippen LogP contribution in [0.4, 0.5) is 9.59 Å². The van der Waals surface area contributed by atoms with Gasteiger partial charge < -0.3 is 15.0 Å². The van der Waals surface area contributed by atoms with Crippen LogP contribution in [0.25, 0.3) is 0 Å². The molecule has 0 aromatic carbocycles. The van der Waals surface area contributed by atoms with E-state index < -0.39 is 0 Å². The molecule has 8 heteroatoms. The number of nitrogens with one attached hydrogen (secondary N) is 1. The van der Waals surface area contributed by atoms with E-state index in [4.69, 9.17) is 4.74 Å². The predicted molar refractivity (Wildman–Crippen MR) is 86.5 cm³/mol. The Morgan fingerprint density at radius 2 is 2.26 bits per heavy atom. The third-order valence-electron chi connectivity index (χ3n) is 4.11. The average molecular weight is 338 g/mol. The summed E-state index contributed by atoms with van der Waals surface area (Å²) in [5, 5.41) is 5.86. The molecule has 2 aliphatic rings. The van der Waals surface area contributed by atoms with Crippen LogP contribution in [0.5, 0.6) is 0 Å². The van der Waals surface area contributed by atoms with E-state index in [9.17, 15) is 9.59 Å². The van der Waals surface area contributed by atoms with Gasteiger partial charge in [-0.1, -0.05) is 20.8 Å². The molecule has 1 atom stereocenters. The van der Waals surface area contributed by atoms with Gasteiger partial charge in [-0.15, -0.1) is 11.3 Å². The fourth-order valence-electron chi connectivity index (χ4n) is 2.67. The Morgan fingerprint density at radius 1 is 1.48 bits per heavy atom. The first-order valence-corrected chi connectivity index (χ1v) is 8.63. The van der Waals surface area contributed by atoms with Gasteiger partial charge in [-0.05, 0) is 0 Å². The number of hydrogen-bond acceptors (Lipinski definition) is 5. The van der Waals surface area contributed by atoms with Gasteiger partial charge in [-0.25, -0.2) is 14.6 Å². The molecular formula is C15H22N4O3S. The highest BCUT2D eigenvalue weighted by Crippen LogP contribution is 2.24. The number of nitrogens with zero attached hydrogens (tertiary/aromatic N) is 3. The van der Waals surface area contributed by atoms with Crippen LogP contribution in [0.2, 0.25) is 0 Å². The molecule has 0 radical (unpaired) electrons. The number of thiazole rings is 1. The Balaban J connectivity index is 1.52. The van der Waals surface area contributed by atoms with E-state index in [1.54, 1.807) is 21.1 Å². The average Bonchev–Trinajstić information content (AvgIpc) is 3.11. The lowest BCUT2D eigenvalue weighted by molar-refractivity contribution is 0.127. The SMILES string of the molecule is CC(C)(C)c1csc(CNC(=O)N2CCN3C(=O)OCC3C2)n1. The van der Waals surface area contributed by atoms with Gasteiger partial charge >= 0.3 is 12.1 Å². The molecule has 126 valence electrons. The van der Waals surface area contributed by atoms with Crippen molar-refractivity contribution in [1.29, 1.82) is 0 Å². The number of hydrogen-bond donors (Lipinski definition) is 1. The fraction of sp³-hybridized carbons (Fsp3) is 0.667. The summed E-state index contributed by atoms with van der Waals surface area (Å²) < 4.78 is 5.01. The summed E-state index contributed by atoms with van der Waals surface area (Å²) in [6, 6.07) is -0.133. The minimum Gasteiger partial charge on any atom is -0.447 e. The number of fused-ring (bicyclic) bond motifs is 1. The van der Waals surface area contributed by atoms with Gasteiger partial charge in [-0.3, -0.25) is 4.90 Å². The number of aromatic nitrogens is 1. The summed E-state index contributed by atoms with van der Waals surface area (Å²) >= 11 is 1.56. The van der Waals surface area contributed by atoms with Crippen LogP contribution >= 0.6 is 11.3 Å². The summed E-state index contributed by atoms with van der Waals surface area (Å²) in [7, 11) is 0. The van der Waals surface area contributed by atoms with Gasteiger partial charge in [-0.2, -0.15) is 0 Å². The van der Waals surface area contributed by atoms with E-state index in [1.165, 1.54) is 0 Å². The standard InChI is InChI=1S/C15H22N4O3S/c1-15(2,3)11-9-23-12(17-11)6-16-13(20)18-4-5-19-10(7-18)8-22-14(19)21/h9-10H,4-8H2,1-3H3,(H,16,20). The van der Waals surface area contributed by atoms with Crippen molar-refractivity contribution >= 4 is 23.5 Å². The van der Waals surface area contributed by atoms with Gasteiger partial charge in [0.15, 0.2) is 0 Å². The van der Waals surface area contributed by atoms with Crippen LogP contribution < -0.4 is 5.32 Å². The second kappa shape index (κ2) is 5.99. The highest BCUT2D eigenvalue weighted by Gasteiger charge is 2.38. The van der Waals surface area contributed by atoms with Gasteiger partial charge in [0.2, 0.25) is 0 Å². The van der Waals surface area contributed by atoms with Crippen molar-refractivity contribution in [2.75, 3.05) is 26.2 Å². The van der Waals surface area contributed by atoms with E-state index in [0.29, 0.717) is 32.8 Å². The van der Waals surface area contributed by atoms with Crippen molar-refractivity contribution in [2.24, 2.45) is 0 Å². The van der Waals surface area contributed by atoms with Crippen LogP contribution in [0.15, 0.2) is 5.38 Å². The summed E-state index contributed by atoms with van der Waals surface area (Å²) in [5.41, 5.74) is 1.06. The van der Waals surface area contributed by atoms with E-state index >= 15 is 0 Å². The summed E-state index contributed by atoms with van der Waals surface area (Å²) in [4.78, 5) is 31.8. The first kappa shape index (κ1) is 16.0. The Morgan fingerprint density at radius 3 is 2.96 bits per heavy atom. The van der Waals surface area contributed by atoms with Gasteiger partial charge in [0, 0.05) is 30.4 Å². The maximum atomic E-state index is 12.3. The number of rotatable bonds is 2. The maximum absolute atomic E-state index is 12.3. The first-order chi connectivity index (χ1) is 10.8. The summed E-state index contributed by atoms with van der Waals surface area (Å²) in [6.45, 7) is 8.73. The van der Waals surface area contributed by atoms with Crippen LogP contribution in [0.3, 0.4) is 0 Å². The monoisotopic (exact) mass is 338 g/mol. The third kappa shape index (κ3) is 3.41. The van der Waals surface area contributed by atoms with Crippen molar-refractivity contribution in [3.63, 3.8) is 0 Å². The Bertz CT molecular complexity index is 610. The molecule has 3 amide bonds. The second-order valence-electron chi connectivity index (χ2n) is 6.91.